The van der Waals surface area contributed by atoms with Crippen molar-refractivity contribution in [2.45, 2.75) is 52.2 Å². The van der Waals surface area contributed by atoms with Crippen molar-refractivity contribution in [2.75, 3.05) is 27.3 Å². The molecule has 0 saturated carbocycles. The molecular formula is C17H28N2O4S. The Labute approximate surface area is 148 Å². The van der Waals surface area contributed by atoms with E-state index in [0.717, 1.165) is 13.0 Å². The van der Waals surface area contributed by atoms with E-state index in [1.54, 1.807) is 30.5 Å². The van der Waals surface area contributed by atoms with E-state index >= 15 is 0 Å². The predicted molar refractivity (Wildman–Crippen MR) is 94.2 cm³/mol. The van der Waals surface area contributed by atoms with Gasteiger partial charge in [0.2, 0.25) is 0 Å². The van der Waals surface area contributed by atoms with Gasteiger partial charge in [0.1, 0.15) is 5.60 Å². The highest BCUT2D eigenvalue weighted by Gasteiger charge is 2.27. The minimum atomic E-state index is -0.467. The first-order valence-corrected chi connectivity index (χ1v) is 9.04. The van der Waals surface area contributed by atoms with Gasteiger partial charge in [0.05, 0.1) is 6.54 Å². The molecule has 24 heavy (non-hydrogen) atoms. The molecule has 1 N–H and O–H groups in total. The molecule has 1 aliphatic heterocycles. The quantitative estimate of drug-likeness (QED) is 0.794. The summed E-state index contributed by atoms with van der Waals surface area (Å²) in [5.41, 5.74) is 2.01. The van der Waals surface area contributed by atoms with E-state index in [9.17, 15) is 4.79 Å². The average Bonchev–Trinajstić information content (AvgIpc) is 2.92. The third kappa shape index (κ3) is 5.17. The molecule has 1 amide bonds. The van der Waals surface area contributed by atoms with Crippen molar-refractivity contribution in [3.63, 3.8) is 0 Å². The molecule has 0 radical (unpaired) electrons. The summed E-state index contributed by atoms with van der Waals surface area (Å²) in [4.78, 5) is 15.4. The van der Waals surface area contributed by atoms with E-state index in [0.29, 0.717) is 19.6 Å². The number of carbonyl (C=O) groups is 1. The summed E-state index contributed by atoms with van der Waals surface area (Å²) in [7, 11) is 3.25. The molecule has 0 aromatic carbocycles. The normalized spacial score (nSPS) is 14.8. The lowest BCUT2D eigenvalue weighted by Gasteiger charge is -2.30. The van der Waals surface area contributed by atoms with E-state index < -0.39 is 5.60 Å². The van der Waals surface area contributed by atoms with Gasteiger partial charge in [-0.1, -0.05) is 0 Å². The van der Waals surface area contributed by atoms with Crippen molar-refractivity contribution in [3.8, 4) is 0 Å². The molecule has 2 heterocycles. The highest BCUT2D eigenvalue weighted by molar-refractivity contribution is 7.10. The molecule has 7 heteroatoms. The first-order chi connectivity index (χ1) is 11.3. The predicted octanol–water partition coefficient (Wildman–Crippen LogP) is 2.75. The lowest BCUT2D eigenvalue weighted by atomic mass is 10.1. The molecule has 0 unspecified atom stereocenters. The first-order valence-electron chi connectivity index (χ1n) is 8.16. The van der Waals surface area contributed by atoms with E-state index in [1.165, 1.54) is 16.0 Å². The van der Waals surface area contributed by atoms with Crippen molar-refractivity contribution < 1.29 is 19.0 Å². The number of fused-ring (bicyclic) bond motifs is 1. The van der Waals surface area contributed by atoms with Gasteiger partial charge in [0, 0.05) is 38.7 Å². The number of thiophene rings is 1. The fourth-order valence-electron chi connectivity index (χ4n) is 2.59. The number of rotatable bonds is 6. The zero-order valence-corrected chi connectivity index (χ0v) is 16.0. The van der Waals surface area contributed by atoms with Gasteiger partial charge in [0.25, 0.3) is 0 Å². The molecule has 1 aromatic rings. The molecular weight excluding hydrogens is 328 g/mol. The minimum Gasteiger partial charge on any atom is -0.444 e. The molecule has 6 nitrogen and oxygen atoms in total. The van der Waals surface area contributed by atoms with Gasteiger partial charge in [-0.15, -0.1) is 11.3 Å². The number of methoxy groups -OCH3 is 2. The summed E-state index contributed by atoms with van der Waals surface area (Å²) in [6.07, 6.45) is 0.396. The minimum absolute atomic E-state index is 0.239. The summed E-state index contributed by atoms with van der Waals surface area (Å²) in [6, 6.07) is 0. The maximum atomic E-state index is 12.3. The third-order valence-electron chi connectivity index (χ3n) is 3.83. The summed E-state index contributed by atoms with van der Waals surface area (Å²) < 4.78 is 15.8. The molecule has 0 bridgehead atoms. The topological polar surface area (TPSA) is 60.0 Å². The van der Waals surface area contributed by atoms with Crippen LogP contribution in [0, 0.1) is 0 Å². The van der Waals surface area contributed by atoms with Crippen LogP contribution < -0.4 is 5.32 Å². The van der Waals surface area contributed by atoms with Crippen molar-refractivity contribution in [2.24, 2.45) is 0 Å². The second-order valence-electron chi connectivity index (χ2n) is 6.85. The smallest absolute Gasteiger partial charge is 0.410 e. The largest absolute Gasteiger partial charge is 0.444 e. The van der Waals surface area contributed by atoms with E-state index in [4.69, 9.17) is 14.2 Å². The highest BCUT2D eigenvalue weighted by Crippen LogP contribution is 2.29. The van der Waals surface area contributed by atoms with Crippen LogP contribution >= 0.6 is 11.3 Å². The number of carbonyl (C=O) groups excluding carboxylic acids is 1. The molecule has 1 aromatic heterocycles. The summed E-state index contributed by atoms with van der Waals surface area (Å²) >= 11 is 1.77. The molecule has 0 aliphatic carbocycles. The van der Waals surface area contributed by atoms with E-state index in [2.05, 4.69) is 10.7 Å². The van der Waals surface area contributed by atoms with Gasteiger partial charge >= 0.3 is 6.09 Å². The highest BCUT2D eigenvalue weighted by atomic mass is 32.1. The standard InChI is InChI=1S/C17H28N2O4S/c1-17(2,3)23-16(20)19-7-6-14-13(10-19)12(11-24-14)8-18-9-15(21-4)22-5/h11,15,18H,6-10H2,1-5H3. The van der Waals surface area contributed by atoms with Crippen molar-refractivity contribution in [1.82, 2.24) is 10.2 Å². The SMILES string of the molecule is COC(CNCc1csc2c1CN(C(=O)OC(C)(C)C)CC2)OC. The van der Waals surface area contributed by atoms with Crippen molar-refractivity contribution in [1.29, 1.82) is 0 Å². The van der Waals surface area contributed by atoms with Crippen LogP contribution in [0.1, 0.15) is 36.8 Å². The molecule has 0 atom stereocenters. The Balaban J connectivity index is 1.95. The fraction of sp³-hybridized carbons (Fsp3) is 0.706. The lowest BCUT2D eigenvalue weighted by molar-refractivity contribution is -0.0989. The summed E-state index contributed by atoms with van der Waals surface area (Å²) in [5.74, 6) is 0. The van der Waals surface area contributed by atoms with E-state index in [1.807, 2.05) is 20.8 Å². The van der Waals surface area contributed by atoms with Crippen LogP contribution in [0.5, 0.6) is 0 Å². The van der Waals surface area contributed by atoms with Crippen LogP contribution in [0.2, 0.25) is 0 Å². The van der Waals surface area contributed by atoms with Crippen LogP contribution in [0.4, 0.5) is 4.79 Å². The number of hydrogen-bond acceptors (Lipinski definition) is 6. The van der Waals surface area contributed by atoms with Gasteiger partial charge < -0.3 is 24.4 Å². The zero-order valence-electron chi connectivity index (χ0n) is 15.2. The fourth-order valence-corrected chi connectivity index (χ4v) is 3.64. The second kappa shape index (κ2) is 8.29. The first kappa shape index (κ1) is 19.2. The molecule has 2 rings (SSSR count). The lowest BCUT2D eigenvalue weighted by Crippen LogP contribution is -2.40. The van der Waals surface area contributed by atoms with E-state index in [-0.39, 0.29) is 12.4 Å². The summed E-state index contributed by atoms with van der Waals surface area (Å²) in [6.45, 7) is 8.35. The molecule has 136 valence electrons. The Kier molecular flexibility index (Phi) is 6.62. The Hall–Kier alpha value is -1.15. The Bertz CT molecular complexity index is 549. The van der Waals surface area contributed by atoms with Crippen LogP contribution in [0.3, 0.4) is 0 Å². The maximum Gasteiger partial charge on any atom is 0.410 e. The van der Waals surface area contributed by atoms with Crippen LogP contribution in [0.25, 0.3) is 0 Å². The zero-order chi connectivity index (χ0) is 17.7. The number of hydrogen-bond donors (Lipinski definition) is 1. The van der Waals surface area contributed by atoms with Crippen LogP contribution in [-0.4, -0.2) is 50.2 Å². The number of ether oxygens (including phenoxy) is 3. The summed E-state index contributed by atoms with van der Waals surface area (Å²) in [5, 5.41) is 5.52. The van der Waals surface area contributed by atoms with Gasteiger partial charge in [0.15, 0.2) is 6.29 Å². The van der Waals surface area contributed by atoms with Crippen molar-refractivity contribution >= 4 is 17.4 Å². The average molecular weight is 356 g/mol. The Morgan fingerprint density at radius 3 is 2.71 bits per heavy atom. The molecule has 0 spiro atoms. The maximum absolute atomic E-state index is 12.3. The van der Waals surface area contributed by atoms with Crippen molar-refractivity contribution in [3.05, 3.63) is 21.4 Å². The van der Waals surface area contributed by atoms with Gasteiger partial charge in [-0.2, -0.15) is 0 Å². The number of amides is 1. The van der Waals surface area contributed by atoms with Gasteiger partial charge in [-0.25, -0.2) is 4.79 Å². The second-order valence-corrected chi connectivity index (χ2v) is 7.81. The number of nitrogens with zero attached hydrogens (tertiary/aromatic N) is 1. The van der Waals surface area contributed by atoms with Crippen LogP contribution in [-0.2, 0) is 33.7 Å². The Morgan fingerprint density at radius 1 is 1.38 bits per heavy atom. The molecule has 1 aliphatic rings. The van der Waals surface area contributed by atoms with Gasteiger partial charge in [-0.05, 0) is 43.7 Å². The molecule has 0 fully saturated rings. The van der Waals surface area contributed by atoms with Gasteiger partial charge in [-0.3, -0.25) is 0 Å². The van der Waals surface area contributed by atoms with Crippen LogP contribution in [0.15, 0.2) is 5.38 Å². The monoisotopic (exact) mass is 356 g/mol. The molecule has 0 saturated heterocycles. The third-order valence-corrected chi connectivity index (χ3v) is 4.97. The Morgan fingerprint density at radius 2 is 2.08 bits per heavy atom. The number of nitrogens with one attached hydrogen (secondary N) is 1.